The van der Waals surface area contributed by atoms with Crippen molar-refractivity contribution in [3.8, 4) is 5.75 Å². The molecule has 0 bridgehead atoms. The number of para-hydroxylation sites is 1. The van der Waals surface area contributed by atoms with Crippen molar-refractivity contribution in [3.63, 3.8) is 0 Å². The van der Waals surface area contributed by atoms with Crippen LogP contribution in [0.25, 0.3) is 0 Å². The molecule has 1 aliphatic heterocycles. The summed E-state index contributed by atoms with van der Waals surface area (Å²) in [6, 6.07) is 6.25. The second-order valence-corrected chi connectivity index (χ2v) is 6.04. The van der Waals surface area contributed by atoms with Crippen molar-refractivity contribution >= 4 is 17.8 Å². The van der Waals surface area contributed by atoms with Crippen LogP contribution in [0.2, 0.25) is 0 Å². The maximum atomic E-state index is 12.3. The van der Waals surface area contributed by atoms with Crippen molar-refractivity contribution in [2.45, 2.75) is 31.6 Å². The molecule has 0 radical (unpaired) electrons. The first kappa shape index (κ1) is 24.0. The molecule has 1 aliphatic rings. The average molecular weight is 417 g/mol. The zero-order valence-corrected chi connectivity index (χ0v) is 15.5. The van der Waals surface area contributed by atoms with E-state index in [1.807, 2.05) is 19.1 Å². The molecule has 0 aliphatic carbocycles. The number of alkyl halides is 3. The molecular formula is C18H22F3N3O5. The van der Waals surface area contributed by atoms with E-state index in [1.165, 1.54) is 0 Å². The molecule has 2 atom stereocenters. The Morgan fingerprint density at radius 2 is 1.86 bits per heavy atom. The summed E-state index contributed by atoms with van der Waals surface area (Å²) in [6.07, 6.45) is -1.05. The summed E-state index contributed by atoms with van der Waals surface area (Å²) < 4.78 is 37.3. The molecule has 0 fully saturated rings. The minimum absolute atomic E-state index is 0.213. The van der Waals surface area contributed by atoms with Gasteiger partial charge in [-0.3, -0.25) is 9.59 Å². The number of hydrogen-bond acceptors (Lipinski definition) is 5. The number of fused-ring (bicyclic) bond motifs is 1. The largest absolute Gasteiger partial charge is 0.490 e. The number of nitrogens with two attached hydrogens (primary N) is 1. The smallest absolute Gasteiger partial charge is 0.489 e. The predicted molar refractivity (Wildman–Crippen MR) is 97.3 cm³/mol. The molecular weight excluding hydrogens is 395 g/mol. The van der Waals surface area contributed by atoms with Crippen LogP contribution < -0.4 is 21.1 Å². The van der Waals surface area contributed by atoms with Crippen molar-refractivity contribution in [2.75, 3.05) is 13.2 Å². The molecule has 29 heavy (non-hydrogen) atoms. The highest BCUT2D eigenvalue weighted by Crippen LogP contribution is 2.18. The number of halogens is 3. The number of carboxylic acids is 1. The second kappa shape index (κ2) is 11.1. The zero-order valence-electron chi connectivity index (χ0n) is 15.5. The Labute approximate surface area is 164 Å². The lowest BCUT2D eigenvalue weighted by molar-refractivity contribution is -0.192. The molecule has 1 aromatic rings. The zero-order chi connectivity index (χ0) is 22.0. The molecule has 0 spiro atoms. The summed E-state index contributed by atoms with van der Waals surface area (Å²) in [6.45, 7) is 2.46. The number of carbonyl (C=O) groups excluding carboxylic acids is 2. The van der Waals surface area contributed by atoms with Gasteiger partial charge < -0.3 is 26.2 Å². The van der Waals surface area contributed by atoms with Crippen LogP contribution in [0.5, 0.6) is 5.75 Å². The van der Waals surface area contributed by atoms with Gasteiger partial charge in [0.25, 0.3) is 5.91 Å². The van der Waals surface area contributed by atoms with Crippen LogP contribution in [-0.4, -0.2) is 54.3 Å². The van der Waals surface area contributed by atoms with E-state index in [2.05, 4.69) is 10.6 Å². The standard InChI is InChI=1S/C16H21N3O3.C2HF3O2/c1-11-10-18-16(21)13(17)7-4-5-9-22-14-8-3-2-6-12(14)15(20)19-11;3-2(4,5)1(6)7/h2-6,8,11,13H,7,9-10,17H2,1H3,(H,18,21)(H,19,20);(H,6,7)/b5-4-;/t11-,13+;/m0./s1. The van der Waals surface area contributed by atoms with Gasteiger partial charge in [-0.25, -0.2) is 4.79 Å². The lowest BCUT2D eigenvalue weighted by atomic mass is 10.1. The van der Waals surface area contributed by atoms with Crippen molar-refractivity contribution in [1.82, 2.24) is 10.6 Å². The van der Waals surface area contributed by atoms with Crippen LogP contribution >= 0.6 is 0 Å². The number of aliphatic carboxylic acids is 1. The fourth-order valence-electron chi connectivity index (χ4n) is 2.07. The van der Waals surface area contributed by atoms with Gasteiger partial charge >= 0.3 is 12.1 Å². The summed E-state index contributed by atoms with van der Waals surface area (Å²) >= 11 is 0. The molecule has 2 amide bonds. The van der Waals surface area contributed by atoms with E-state index in [4.69, 9.17) is 20.4 Å². The lowest BCUT2D eigenvalue weighted by Crippen LogP contribution is -2.46. The molecule has 0 saturated heterocycles. The van der Waals surface area contributed by atoms with E-state index in [9.17, 15) is 22.8 Å². The first-order chi connectivity index (χ1) is 13.5. The highest BCUT2D eigenvalue weighted by atomic mass is 19.4. The fourth-order valence-corrected chi connectivity index (χ4v) is 2.07. The predicted octanol–water partition coefficient (Wildman–Crippen LogP) is 1.22. The molecule has 8 nitrogen and oxygen atoms in total. The summed E-state index contributed by atoms with van der Waals surface area (Å²) in [5.41, 5.74) is 6.26. The van der Waals surface area contributed by atoms with Gasteiger partial charge in [-0.15, -0.1) is 0 Å². The number of nitrogens with one attached hydrogen (secondary N) is 2. The molecule has 0 unspecified atom stereocenters. The van der Waals surface area contributed by atoms with Crippen LogP contribution in [0.1, 0.15) is 23.7 Å². The Bertz CT molecular complexity index is 753. The van der Waals surface area contributed by atoms with Crippen LogP contribution in [0.15, 0.2) is 36.4 Å². The van der Waals surface area contributed by atoms with Crippen molar-refractivity contribution < 1.29 is 37.4 Å². The molecule has 1 heterocycles. The van der Waals surface area contributed by atoms with Crippen LogP contribution in [0.3, 0.4) is 0 Å². The SMILES string of the molecule is C[C@H]1CNC(=O)[C@H](N)C/C=C\COc2ccccc2C(=O)N1.O=C(O)C(F)(F)F. The molecule has 5 N–H and O–H groups in total. The van der Waals surface area contributed by atoms with Crippen LogP contribution in [0, 0.1) is 0 Å². The van der Waals surface area contributed by atoms with E-state index in [0.717, 1.165) is 0 Å². The lowest BCUT2D eigenvalue weighted by Gasteiger charge is -2.18. The minimum Gasteiger partial charge on any atom is -0.489 e. The average Bonchev–Trinajstić information content (AvgIpc) is 2.65. The Kier molecular flexibility index (Phi) is 9.13. The van der Waals surface area contributed by atoms with Crippen molar-refractivity contribution in [1.29, 1.82) is 0 Å². The van der Waals surface area contributed by atoms with Gasteiger partial charge in [-0.2, -0.15) is 13.2 Å². The Morgan fingerprint density at radius 1 is 1.24 bits per heavy atom. The number of carboxylic acid groups (broad SMARTS) is 1. The van der Waals surface area contributed by atoms with E-state index in [1.54, 1.807) is 24.3 Å². The monoisotopic (exact) mass is 417 g/mol. The topological polar surface area (TPSA) is 131 Å². The van der Waals surface area contributed by atoms with E-state index in [0.29, 0.717) is 30.9 Å². The van der Waals surface area contributed by atoms with Gasteiger partial charge in [-0.1, -0.05) is 24.3 Å². The number of amides is 2. The maximum absolute atomic E-state index is 12.3. The Balaban J connectivity index is 0.000000516. The van der Waals surface area contributed by atoms with Crippen molar-refractivity contribution in [3.05, 3.63) is 42.0 Å². The molecule has 1 aromatic carbocycles. The third-order valence-electron chi connectivity index (χ3n) is 3.56. The number of ether oxygens (including phenoxy) is 1. The van der Waals surface area contributed by atoms with E-state index in [-0.39, 0.29) is 17.9 Å². The van der Waals surface area contributed by atoms with E-state index >= 15 is 0 Å². The first-order valence-corrected chi connectivity index (χ1v) is 8.53. The van der Waals surface area contributed by atoms with Crippen LogP contribution in [0.4, 0.5) is 13.2 Å². The van der Waals surface area contributed by atoms with Gasteiger partial charge in [0.1, 0.15) is 12.4 Å². The summed E-state index contributed by atoms with van der Waals surface area (Å²) in [5, 5.41) is 12.7. The van der Waals surface area contributed by atoms with Gasteiger partial charge in [-0.05, 0) is 25.5 Å². The highest BCUT2D eigenvalue weighted by molar-refractivity contribution is 5.97. The number of carbonyl (C=O) groups is 3. The van der Waals surface area contributed by atoms with E-state index < -0.39 is 18.2 Å². The number of benzene rings is 1. The van der Waals surface area contributed by atoms with Gasteiger partial charge in [0.15, 0.2) is 0 Å². The summed E-state index contributed by atoms with van der Waals surface area (Å²) in [4.78, 5) is 33.0. The van der Waals surface area contributed by atoms with Gasteiger partial charge in [0, 0.05) is 12.6 Å². The quantitative estimate of drug-likeness (QED) is 0.470. The fraction of sp³-hybridized carbons (Fsp3) is 0.389. The highest BCUT2D eigenvalue weighted by Gasteiger charge is 2.38. The maximum Gasteiger partial charge on any atom is 0.490 e. The summed E-state index contributed by atoms with van der Waals surface area (Å²) in [7, 11) is 0. The third-order valence-corrected chi connectivity index (χ3v) is 3.56. The number of rotatable bonds is 0. The molecule has 0 saturated carbocycles. The molecule has 2 rings (SSSR count). The minimum atomic E-state index is -5.08. The third kappa shape index (κ3) is 8.64. The van der Waals surface area contributed by atoms with Crippen LogP contribution in [-0.2, 0) is 9.59 Å². The summed E-state index contributed by atoms with van der Waals surface area (Å²) in [5.74, 6) is -2.69. The number of hydrogen-bond donors (Lipinski definition) is 4. The normalized spacial score (nSPS) is 21.7. The van der Waals surface area contributed by atoms with Gasteiger partial charge in [0.05, 0.1) is 11.6 Å². The molecule has 0 aromatic heterocycles. The first-order valence-electron chi connectivity index (χ1n) is 8.53. The molecule has 11 heteroatoms. The van der Waals surface area contributed by atoms with Gasteiger partial charge in [0.2, 0.25) is 5.91 Å². The second-order valence-electron chi connectivity index (χ2n) is 6.04. The Hall–Kier alpha value is -3.08. The Morgan fingerprint density at radius 3 is 2.48 bits per heavy atom. The molecule has 160 valence electrons. The van der Waals surface area contributed by atoms with Crippen molar-refractivity contribution in [2.24, 2.45) is 5.73 Å².